The Morgan fingerprint density at radius 1 is 1.48 bits per heavy atom. The van der Waals surface area contributed by atoms with Gasteiger partial charge in [-0.3, -0.25) is 9.48 Å². The maximum absolute atomic E-state index is 14.0. The number of amides is 1. The van der Waals surface area contributed by atoms with Crippen LogP contribution in [0, 0.1) is 11.7 Å². The predicted octanol–water partition coefficient (Wildman–Crippen LogP) is 2.60. The topological polar surface area (TPSA) is 50.2 Å². The Morgan fingerprint density at radius 2 is 2.24 bits per heavy atom. The monoisotopic (exact) mass is 386 g/mol. The van der Waals surface area contributed by atoms with Gasteiger partial charge in [0.1, 0.15) is 5.82 Å². The van der Waals surface area contributed by atoms with E-state index in [2.05, 4.69) is 10.4 Å². The van der Waals surface area contributed by atoms with Gasteiger partial charge in [0.25, 0.3) is 0 Å². The lowest BCUT2D eigenvalue weighted by Gasteiger charge is -2.24. The van der Waals surface area contributed by atoms with E-state index in [1.807, 2.05) is 13.2 Å². The first-order valence-corrected chi connectivity index (χ1v) is 8.22. The molecule has 1 amide bonds. The van der Waals surface area contributed by atoms with Crippen molar-refractivity contribution >= 4 is 29.9 Å². The van der Waals surface area contributed by atoms with Gasteiger partial charge in [0, 0.05) is 56.4 Å². The second-order valence-corrected chi connectivity index (χ2v) is 6.62. The van der Waals surface area contributed by atoms with Crippen LogP contribution in [0.4, 0.5) is 4.39 Å². The Labute approximate surface area is 157 Å². The molecule has 0 aliphatic carbocycles. The molecule has 1 N–H and O–H groups in total. The van der Waals surface area contributed by atoms with Gasteiger partial charge in [0.15, 0.2) is 0 Å². The summed E-state index contributed by atoms with van der Waals surface area (Å²) in [6.45, 7) is 1.49. The number of benzene rings is 1. The summed E-state index contributed by atoms with van der Waals surface area (Å²) in [7, 11) is 3.54. The zero-order chi connectivity index (χ0) is 17.3. The number of hydrogen-bond acceptors (Lipinski definition) is 3. The predicted molar refractivity (Wildman–Crippen MR) is 97.4 cm³/mol. The first kappa shape index (κ1) is 19.7. The Hall–Kier alpha value is -1.63. The molecule has 1 saturated heterocycles. The number of nitrogens with one attached hydrogen (secondary N) is 1. The van der Waals surface area contributed by atoms with Gasteiger partial charge in [-0.25, -0.2) is 4.39 Å². The smallest absolute Gasteiger partial charge is 0.227 e. The van der Waals surface area contributed by atoms with E-state index in [1.165, 1.54) is 6.07 Å². The molecule has 1 aliphatic heterocycles. The van der Waals surface area contributed by atoms with Crippen LogP contribution in [0.5, 0.6) is 0 Å². The number of rotatable bonds is 4. The highest BCUT2D eigenvalue weighted by atomic mass is 35.5. The maximum Gasteiger partial charge on any atom is 0.227 e. The number of aromatic nitrogens is 2. The normalized spacial score (nSPS) is 19.5. The average Bonchev–Trinajstić information content (AvgIpc) is 3.18. The summed E-state index contributed by atoms with van der Waals surface area (Å²) in [5, 5.41) is 7.79. The minimum atomic E-state index is -0.393. The van der Waals surface area contributed by atoms with Crippen LogP contribution >= 0.6 is 24.0 Å². The molecule has 1 aromatic heterocycles. The van der Waals surface area contributed by atoms with Gasteiger partial charge < -0.3 is 10.2 Å². The van der Waals surface area contributed by atoms with Gasteiger partial charge in [-0.05, 0) is 17.7 Å². The molecular weight excluding hydrogens is 366 g/mol. The first-order chi connectivity index (χ1) is 11.5. The van der Waals surface area contributed by atoms with Gasteiger partial charge in [-0.1, -0.05) is 17.7 Å². The van der Waals surface area contributed by atoms with Gasteiger partial charge in [-0.15, -0.1) is 12.4 Å². The molecule has 0 radical (unpaired) electrons. The lowest BCUT2D eigenvalue weighted by Crippen LogP contribution is -2.36. The Morgan fingerprint density at radius 3 is 2.88 bits per heavy atom. The van der Waals surface area contributed by atoms with Crippen molar-refractivity contribution in [3.05, 3.63) is 52.6 Å². The second kappa shape index (κ2) is 8.17. The summed E-state index contributed by atoms with van der Waals surface area (Å²) < 4.78 is 15.7. The molecule has 2 aromatic rings. The van der Waals surface area contributed by atoms with E-state index in [0.29, 0.717) is 17.1 Å². The van der Waals surface area contributed by atoms with Crippen LogP contribution in [0.1, 0.15) is 17.0 Å². The average molecular weight is 387 g/mol. The minimum Gasteiger partial charge on any atom is -0.341 e. The molecule has 2 atom stereocenters. The minimum absolute atomic E-state index is 0. The van der Waals surface area contributed by atoms with Crippen molar-refractivity contribution in [1.82, 2.24) is 20.0 Å². The van der Waals surface area contributed by atoms with Gasteiger partial charge in [-0.2, -0.15) is 5.10 Å². The van der Waals surface area contributed by atoms with Crippen molar-refractivity contribution in [2.45, 2.75) is 12.5 Å². The number of hydrogen-bond donors (Lipinski definition) is 1. The molecule has 2 heterocycles. The molecular formula is C17H21Cl2FN4O. The fourth-order valence-corrected chi connectivity index (χ4v) is 3.42. The van der Waals surface area contributed by atoms with E-state index in [4.69, 9.17) is 11.6 Å². The van der Waals surface area contributed by atoms with Crippen LogP contribution in [0.15, 0.2) is 30.6 Å². The Balaban J connectivity index is 0.00000225. The lowest BCUT2D eigenvalue weighted by atomic mass is 9.90. The molecule has 5 nitrogen and oxygen atoms in total. The van der Waals surface area contributed by atoms with Crippen molar-refractivity contribution in [2.75, 3.05) is 20.1 Å². The third kappa shape index (κ3) is 4.14. The summed E-state index contributed by atoms with van der Waals surface area (Å²) in [6, 6.07) is 4.55. The van der Waals surface area contributed by atoms with Crippen molar-refractivity contribution in [2.24, 2.45) is 13.0 Å². The van der Waals surface area contributed by atoms with Crippen LogP contribution in [-0.2, 0) is 18.4 Å². The van der Waals surface area contributed by atoms with Crippen LogP contribution in [0.2, 0.25) is 5.02 Å². The number of carbonyl (C=O) groups excluding carboxylic acids is 1. The molecule has 0 spiro atoms. The molecule has 0 bridgehead atoms. The zero-order valence-corrected chi connectivity index (χ0v) is 15.6. The highest BCUT2D eigenvalue weighted by Crippen LogP contribution is 2.30. The quantitative estimate of drug-likeness (QED) is 0.878. The van der Waals surface area contributed by atoms with Crippen molar-refractivity contribution in [3.63, 3.8) is 0 Å². The molecule has 1 fully saturated rings. The van der Waals surface area contributed by atoms with Crippen molar-refractivity contribution < 1.29 is 9.18 Å². The van der Waals surface area contributed by atoms with E-state index in [1.54, 1.807) is 35.0 Å². The second-order valence-electron chi connectivity index (χ2n) is 6.21. The summed E-state index contributed by atoms with van der Waals surface area (Å²) in [4.78, 5) is 14.4. The molecule has 0 saturated carbocycles. The van der Waals surface area contributed by atoms with Crippen molar-refractivity contribution in [3.8, 4) is 0 Å². The highest BCUT2D eigenvalue weighted by Gasteiger charge is 2.36. The van der Waals surface area contributed by atoms with E-state index in [9.17, 15) is 9.18 Å². The molecule has 25 heavy (non-hydrogen) atoms. The summed E-state index contributed by atoms with van der Waals surface area (Å²) in [5.41, 5.74) is 1.39. The fourth-order valence-electron chi connectivity index (χ4n) is 3.20. The lowest BCUT2D eigenvalue weighted by molar-refractivity contribution is -0.134. The number of carbonyl (C=O) groups is 1. The molecule has 3 rings (SSSR count). The summed E-state index contributed by atoms with van der Waals surface area (Å²) >= 11 is 6.06. The summed E-state index contributed by atoms with van der Waals surface area (Å²) in [5.74, 6) is -0.529. The number of halogens is 3. The van der Waals surface area contributed by atoms with E-state index >= 15 is 0 Å². The molecule has 1 aromatic carbocycles. The highest BCUT2D eigenvalue weighted by molar-refractivity contribution is 6.31. The first-order valence-electron chi connectivity index (χ1n) is 7.84. The van der Waals surface area contributed by atoms with Crippen LogP contribution in [-0.4, -0.2) is 40.7 Å². The largest absolute Gasteiger partial charge is 0.341 e. The van der Waals surface area contributed by atoms with Gasteiger partial charge >= 0.3 is 0 Å². The molecule has 0 unspecified atom stereocenters. The molecule has 8 heteroatoms. The standard InChI is InChI=1S/C17H20ClFN4O.ClH/c1-22(10-14-15(18)4-3-5-16(14)19)17(24)13-8-20-7-12(13)11-6-21-23(2)9-11;/h3-6,9,12-13,20H,7-8,10H2,1-2H3;1H/t12-,13+;/m1./s1. The Kier molecular flexibility index (Phi) is 6.43. The third-order valence-electron chi connectivity index (χ3n) is 4.52. The summed E-state index contributed by atoms with van der Waals surface area (Å²) in [6.07, 6.45) is 3.73. The van der Waals surface area contributed by atoms with Gasteiger partial charge in [0.05, 0.1) is 12.1 Å². The van der Waals surface area contributed by atoms with E-state index in [0.717, 1.165) is 12.1 Å². The number of nitrogens with zero attached hydrogens (tertiary/aromatic N) is 3. The van der Waals surface area contributed by atoms with Crippen molar-refractivity contribution in [1.29, 1.82) is 0 Å². The van der Waals surface area contributed by atoms with Crippen LogP contribution in [0.3, 0.4) is 0 Å². The number of aryl methyl sites for hydroxylation is 1. The maximum atomic E-state index is 14.0. The molecule has 136 valence electrons. The van der Waals surface area contributed by atoms with Crippen LogP contribution in [0.25, 0.3) is 0 Å². The zero-order valence-electron chi connectivity index (χ0n) is 14.1. The SMILES string of the molecule is CN(Cc1c(F)cccc1Cl)C(=O)[C@H]1CNC[C@@H]1c1cnn(C)c1.Cl. The fraction of sp³-hybridized carbons (Fsp3) is 0.412. The Bertz CT molecular complexity index is 732. The van der Waals surface area contributed by atoms with E-state index in [-0.39, 0.29) is 36.7 Å². The molecule has 1 aliphatic rings. The van der Waals surface area contributed by atoms with Crippen LogP contribution < -0.4 is 5.32 Å². The van der Waals surface area contributed by atoms with E-state index < -0.39 is 5.82 Å². The van der Waals surface area contributed by atoms with Gasteiger partial charge in [0.2, 0.25) is 5.91 Å². The third-order valence-corrected chi connectivity index (χ3v) is 4.87.